The van der Waals surface area contributed by atoms with Gasteiger partial charge in [0.1, 0.15) is 66.2 Å². The molecule has 3 aromatic rings. The van der Waals surface area contributed by atoms with Crippen molar-refractivity contribution in [2.45, 2.75) is 190 Å². The summed E-state index contributed by atoms with van der Waals surface area (Å²) in [6.07, 6.45) is 3.29. The molecule has 1 heterocycles. The molecule has 524 valence electrons. The van der Waals surface area contributed by atoms with E-state index in [0.717, 1.165) is 39.0 Å². The summed E-state index contributed by atoms with van der Waals surface area (Å²) in [5, 5.41) is 59.8. The number of phenolic OH excluding ortho intramolecular Hbond substituents is 1. The van der Waals surface area contributed by atoms with E-state index in [9.17, 15) is 68.4 Å². The molecule has 2 fully saturated rings. The van der Waals surface area contributed by atoms with E-state index >= 15 is 14.4 Å². The molecule has 0 bridgehead atoms. The van der Waals surface area contributed by atoms with Gasteiger partial charge in [0.25, 0.3) is 0 Å². The van der Waals surface area contributed by atoms with Crippen molar-refractivity contribution in [3.8, 4) is 5.75 Å². The van der Waals surface area contributed by atoms with Crippen LogP contribution in [0.5, 0.6) is 5.75 Å². The van der Waals surface area contributed by atoms with Gasteiger partial charge in [0.15, 0.2) is 0 Å². The fourth-order valence-electron chi connectivity index (χ4n) is 12.0. The van der Waals surface area contributed by atoms with Gasteiger partial charge in [-0.2, -0.15) is 12.6 Å². The number of carboxylic acid groups (broad SMARTS) is 2. The molecule has 5 rings (SSSR count). The predicted octanol–water partition coefficient (Wildman–Crippen LogP) is 1.05. The molecule has 2 aliphatic rings. The highest BCUT2D eigenvalue weighted by atomic mass is 32.1. The molecular formula is C67H93N11O17S. The first kappa shape index (κ1) is 77.6. The predicted molar refractivity (Wildman–Crippen MR) is 354 cm³/mol. The van der Waals surface area contributed by atoms with Crippen LogP contribution in [-0.2, 0) is 68.7 Å². The van der Waals surface area contributed by atoms with Crippen molar-refractivity contribution in [2.75, 3.05) is 26.0 Å². The number of phenols is 1. The number of nitrogens with zero attached hydrogens (tertiary/aromatic N) is 2. The lowest BCUT2D eigenvalue weighted by Crippen LogP contribution is -2.62. The first-order valence-corrected chi connectivity index (χ1v) is 33.1. The van der Waals surface area contributed by atoms with Gasteiger partial charge >= 0.3 is 11.9 Å². The highest BCUT2D eigenvalue weighted by molar-refractivity contribution is 7.80. The number of aliphatic hydroxyl groups is 1. The summed E-state index contributed by atoms with van der Waals surface area (Å²) in [5.41, 5.74) is 7.12. The molecule has 0 spiro atoms. The summed E-state index contributed by atoms with van der Waals surface area (Å²) in [4.78, 5) is 181. The van der Waals surface area contributed by atoms with Crippen LogP contribution >= 0.6 is 12.6 Å². The Morgan fingerprint density at radius 2 is 1.16 bits per heavy atom. The van der Waals surface area contributed by atoms with Gasteiger partial charge in [-0.15, -0.1) is 0 Å². The zero-order valence-electron chi connectivity index (χ0n) is 54.8. The number of nitrogens with two attached hydrogens (primary N) is 1. The summed E-state index contributed by atoms with van der Waals surface area (Å²) < 4.78 is 0. The number of aliphatic hydroxyl groups excluding tert-OH is 1. The summed E-state index contributed by atoms with van der Waals surface area (Å²) in [6.45, 7) is 5.44. The molecular weight excluding hydrogens is 1260 g/mol. The number of thiol groups is 1. The van der Waals surface area contributed by atoms with Crippen molar-refractivity contribution in [3.05, 3.63) is 102 Å². The number of amides is 11. The zero-order valence-corrected chi connectivity index (χ0v) is 55.7. The molecule has 1 saturated heterocycles. The van der Waals surface area contributed by atoms with Crippen LogP contribution in [0.3, 0.4) is 0 Å². The average molecular weight is 1360 g/mol. The van der Waals surface area contributed by atoms with E-state index in [2.05, 4.69) is 55.2 Å². The van der Waals surface area contributed by atoms with Crippen molar-refractivity contribution in [1.29, 1.82) is 0 Å². The van der Waals surface area contributed by atoms with E-state index in [4.69, 9.17) is 5.73 Å². The van der Waals surface area contributed by atoms with Crippen LogP contribution in [-0.4, -0.2) is 194 Å². The number of hydrogen-bond donors (Lipinski definition) is 14. The maximum atomic E-state index is 15.5. The molecule has 3 aromatic carbocycles. The SMILES string of the molecule is CCC[C@H](NC(=O)[C@@H]1CCCN1C(=O)[C@H](CS)NC(=O)[C@H](CC1CCCCC1)N(C)C(=O)[C@@H](NC(=O)[C@@H](NC(=O)[C@H](CCC(=O)O)NC(=O)[C@H](CC(=O)O)NC(C)=O)C(c1ccccc1)c1ccccc1)[C@@H](C)CC)C(=O)N[C@@H](CO)C(=O)N[C@@H](Cc1ccc(O)cc1)C(N)=O. The fourth-order valence-corrected chi connectivity index (χ4v) is 12.2. The van der Waals surface area contributed by atoms with Crippen LogP contribution in [0.15, 0.2) is 84.9 Å². The number of primary amides is 1. The Bertz CT molecular complexity index is 3120. The van der Waals surface area contributed by atoms with E-state index in [1.54, 1.807) is 81.4 Å². The number of carboxylic acids is 2. The Balaban J connectivity index is 1.41. The number of likely N-dealkylation sites (N-methyl/N-ethyl adjacent to an activating group) is 1. The van der Waals surface area contributed by atoms with Gasteiger partial charge in [-0.05, 0) is 72.8 Å². The second-order valence-corrected chi connectivity index (χ2v) is 24.9. The van der Waals surface area contributed by atoms with Crippen molar-refractivity contribution in [1.82, 2.24) is 52.3 Å². The van der Waals surface area contributed by atoms with Crippen molar-refractivity contribution >= 4 is 89.5 Å². The molecule has 1 aliphatic heterocycles. The minimum absolute atomic E-state index is 0.0276. The van der Waals surface area contributed by atoms with Crippen LogP contribution in [0.1, 0.15) is 140 Å². The third kappa shape index (κ3) is 23.1. The number of aromatic hydroxyl groups is 1. The standard InChI is InChI=1S/C67H93N11O17S/c1-6-18-45(59(87)73-49(36-79)62(90)72-47(58(68)86)33-41-26-28-44(81)29-27-41)71-63(91)51-25-17-32-78(51)66(94)50(37-96)74-64(92)52(34-40-19-11-8-12-20-40)77(5)67(95)56(38(3)7-2)75-65(93)57(55(42-21-13-9-14-22-42)43-23-15-10-16-24-43)76-60(88)46(30-31-53(82)83)70-61(89)48(35-54(84)85)69-39(4)80/h9-10,13-16,21-24,26-29,38,40,45-52,55-57,79,81,96H,6-8,11-12,17-20,25,30-37H2,1-5H3,(H2,68,86)(H,69,80)(H,70,89)(H,71,91)(H,72,90)(H,73,87)(H,74,92)(H,75,93)(H,76,88)(H,82,83)(H,84,85)/t38-,45-,46-,47-,48-,49-,50-,51-,52-,56-,57-/m0/s1. The summed E-state index contributed by atoms with van der Waals surface area (Å²) in [6, 6.07) is 8.60. The number of nitrogens with one attached hydrogen (secondary N) is 8. The number of aliphatic carboxylic acids is 2. The van der Waals surface area contributed by atoms with Crippen LogP contribution < -0.4 is 48.3 Å². The summed E-state index contributed by atoms with van der Waals surface area (Å²) in [7, 11) is 1.41. The molecule has 0 aromatic heterocycles. The van der Waals surface area contributed by atoms with Crippen LogP contribution in [0.2, 0.25) is 0 Å². The Labute approximate surface area is 563 Å². The molecule has 28 nitrogen and oxygen atoms in total. The first-order valence-electron chi connectivity index (χ1n) is 32.5. The highest BCUT2D eigenvalue weighted by Crippen LogP contribution is 2.32. The zero-order chi connectivity index (χ0) is 70.8. The van der Waals surface area contributed by atoms with E-state index in [1.165, 1.54) is 41.1 Å². The minimum Gasteiger partial charge on any atom is -0.508 e. The van der Waals surface area contributed by atoms with Crippen molar-refractivity contribution < 1.29 is 82.8 Å². The van der Waals surface area contributed by atoms with Gasteiger partial charge in [0, 0.05) is 45.0 Å². The molecule has 96 heavy (non-hydrogen) atoms. The van der Waals surface area contributed by atoms with Crippen molar-refractivity contribution in [2.24, 2.45) is 17.6 Å². The highest BCUT2D eigenvalue weighted by Gasteiger charge is 2.44. The molecule has 1 aliphatic carbocycles. The van der Waals surface area contributed by atoms with Gasteiger partial charge < -0.3 is 78.5 Å². The number of rotatable bonds is 37. The lowest BCUT2D eigenvalue weighted by Gasteiger charge is -2.37. The van der Waals surface area contributed by atoms with E-state index < -0.39 is 175 Å². The molecule has 11 amide bonds. The number of carbonyl (C=O) groups excluding carboxylic acids is 11. The van der Waals surface area contributed by atoms with Crippen molar-refractivity contribution in [3.63, 3.8) is 0 Å². The number of benzene rings is 3. The average Bonchev–Trinajstić information content (AvgIpc) is 1.03. The third-order valence-corrected chi connectivity index (χ3v) is 17.8. The topological polar surface area (TPSA) is 432 Å². The van der Waals surface area contributed by atoms with Gasteiger partial charge in [-0.1, -0.05) is 139 Å². The van der Waals surface area contributed by atoms with Crippen LogP contribution in [0.25, 0.3) is 0 Å². The van der Waals surface area contributed by atoms with Gasteiger partial charge in [0.05, 0.1) is 13.0 Å². The number of carbonyl (C=O) groups is 13. The molecule has 14 N–H and O–H groups in total. The Morgan fingerprint density at radius 1 is 0.615 bits per heavy atom. The Morgan fingerprint density at radius 3 is 1.70 bits per heavy atom. The fraction of sp³-hybridized carbons (Fsp3) is 0.537. The lowest BCUT2D eigenvalue weighted by atomic mass is 9.83. The number of hydrogen-bond acceptors (Lipinski definition) is 16. The molecule has 0 unspecified atom stereocenters. The summed E-state index contributed by atoms with van der Waals surface area (Å²) in [5.74, 6) is -14.3. The second kappa shape index (κ2) is 38.4. The molecule has 1 saturated carbocycles. The molecule has 11 atom stereocenters. The maximum Gasteiger partial charge on any atom is 0.305 e. The van der Waals surface area contributed by atoms with E-state index in [0.29, 0.717) is 36.0 Å². The second-order valence-electron chi connectivity index (χ2n) is 24.6. The maximum absolute atomic E-state index is 15.5. The molecule has 0 radical (unpaired) electrons. The van der Waals surface area contributed by atoms with E-state index in [1.807, 2.05) is 0 Å². The normalized spacial score (nSPS) is 17.0. The third-order valence-electron chi connectivity index (χ3n) is 17.5. The van der Waals surface area contributed by atoms with E-state index in [-0.39, 0.29) is 49.6 Å². The van der Waals surface area contributed by atoms with Crippen LogP contribution in [0, 0.1) is 11.8 Å². The smallest absolute Gasteiger partial charge is 0.305 e. The van der Waals surface area contributed by atoms with Gasteiger partial charge in [-0.3, -0.25) is 62.3 Å². The molecule has 29 heteroatoms. The number of likely N-dealkylation sites (tertiary alicyclic amines) is 1. The largest absolute Gasteiger partial charge is 0.508 e. The monoisotopic (exact) mass is 1360 g/mol. The first-order chi connectivity index (χ1) is 45.7. The minimum atomic E-state index is -1.72. The summed E-state index contributed by atoms with van der Waals surface area (Å²) >= 11 is 4.48. The lowest BCUT2D eigenvalue weighted by molar-refractivity contribution is -0.146. The van der Waals surface area contributed by atoms with Gasteiger partial charge in [0.2, 0.25) is 65.0 Å². The Hall–Kier alpha value is -9.12. The Kier molecular flexibility index (Phi) is 31.1. The quantitative estimate of drug-likeness (QED) is 0.0359. The van der Waals surface area contributed by atoms with Crippen LogP contribution in [0.4, 0.5) is 0 Å². The van der Waals surface area contributed by atoms with Gasteiger partial charge in [-0.25, -0.2) is 0 Å².